The van der Waals surface area contributed by atoms with Gasteiger partial charge in [-0.2, -0.15) is 4.80 Å². The van der Waals surface area contributed by atoms with Crippen LogP contribution in [0.15, 0.2) is 24.4 Å². The van der Waals surface area contributed by atoms with E-state index in [2.05, 4.69) is 20.4 Å². The van der Waals surface area contributed by atoms with Crippen LogP contribution in [-0.2, 0) is 11.8 Å². The minimum atomic E-state index is -0.923. The Morgan fingerprint density at radius 3 is 2.88 bits per heavy atom. The van der Waals surface area contributed by atoms with Crippen LogP contribution >= 0.6 is 0 Å². The molecule has 1 N–H and O–H groups in total. The topological polar surface area (TPSA) is 93.8 Å². The third-order valence-corrected chi connectivity index (χ3v) is 2.26. The average Bonchev–Trinajstić information content (AvgIpc) is 2.73. The summed E-state index contributed by atoms with van der Waals surface area (Å²) < 4.78 is 0. The Hall–Kier alpha value is -2.31. The van der Waals surface area contributed by atoms with Crippen molar-refractivity contribution in [2.75, 3.05) is 0 Å². The van der Waals surface area contributed by atoms with E-state index in [1.165, 1.54) is 4.80 Å². The van der Waals surface area contributed by atoms with E-state index in [1.54, 1.807) is 31.4 Å². The molecule has 0 aromatic carbocycles. The molecule has 17 heavy (non-hydrogen) atoms. The van der Waals surface area contributed by atoms with Crippen LogP contribution in [0.3, 0.4) is 0 Å². The van der Waals surface area contributed by atoms with Gasteiger partial charge in [0.15, 0.2) is 5.82 Å². The van der Waals surface area contributed by atoms with Crippen LogP contribution in [0.2, 0.25) is 0 Å². The second-order valence-electron chi connectivity index (χ2n) is 3.54. The molecule has 7 nitrogen and oxygen atoms in total. The third-order valence-electron chi connectivity index (χ3n) is 2.26. The zero-order valence-electron chi connectivity index (χ0n) is 9.19. The zero-order valence-corrected chi connectivity index (χ0v) is 9.19. The smallest absolute Gasteiger partial charge is 0.304 e. The van der Waals surface area contributed by atoms with Gasteiger partial charge in [0.05, 0.1) is 25.1 Å². The maximum Gasteiger partial charge on any atom is 0.304 e. The van der Waals surface area contributed by atoms with Crippen molar-refractivity contribution in [2.24, 2.45) is 7.05 Å². The summed E-state index contributed by atoms with van der Waals surface area (Å²) in [5.74, 6) is -1.02. The first-order valence-electron chi connectivity index (χ1n) is 5.03. The number of aliphatic carboxylic acids is 1. The number of aromatic nitrogens is 5. The van der Waals surface area contributed by atoms with Crippen LogP contribution in [0, 0.1) is 0 Å². The molecule has 0 aliphatic rings. The van der Waals surface area contributed by atoms with Crippen LogP contribution in [0.25, 0.3) is 0 Å². The van der Waals surface area contributed by atoms with E-state index in [9.17, 15) is 4.79 Å². The van der Waals surface area contributed by atoms with E-state index in [1.807, 2.05) is 0 Å². The molecule has 0 aliphatic heterocycles. The lowest BCUT2D eigenvalue weighted by molar-refractivity contribution is -0.137. The molecule has 0 saturated heterocycles. The van der Waals surface area contributed by atoms with Gasteiger partial charge in [0.2, 0.25) is 0 Å². The van der Waals surface area contributed by atoms with Crippen LogP contribution in [0.5, 0.6) is 0 Å². The largest absolute Gasteiger partial charge is 0.481 e. The number of carboxylic acids is 1. The molecule has 0 fully saturated rings. The molecule has 88 valence electrons. The Morgan fingerprint density at radius 2 is 2.35 bits per heavy atom. The molecule has 0 radical (unpaired) electrons. The standard InChI is InChI=1S/C10H11N5O2/c1-15-13-10(12-14-15)7(6-9(16)17)8-4-2-3-5-11-8/h2-5,7H,6H2,1H3,(H,16,17). The molecule has 0 saturated carbocycles. The summed E-state index contributed by atoms with van der Waals surface area (Å²) in [5, 5.41) is 20.5. The lowest BCUT2D eigenvalue weighted by atomic mass is 10.0. The van der Waals surface area contributed by atoms with Gasteiger partial charge in [-0.05, 0) is 17.3 Å². The lowest BCUT2D eigenvalue weighted by Crippen LogP contribution is -2.11. The predicted octanol–water partition coefficient (Wildman–Crippen LogP) is 0.212. The SMILES string of the molecule is Cn1nnc(C(CC(=O)O)c2ccccn2)n1. The van der Waals surface area contributed by atoms with Crippen LogP contribution in [0.1, 0.15) is 23.9 Å². The quantitative estimate of drug-likeness (QED) is 0.811. The van der Waals surface area contributed by atoms with Gasteiger partial charge in [-0.1, -0.05) is 6.07 Å². The van der Waals surface area contributed by atoms with Crippen molar-refractivity contribution in [3.05, 3.63) is 35.9 Å². The lowest BCUT2D eigenvalue weighted by Gasteiger charge is -2.09. The Balaban J connectivity index is 2.35. The van der Waals surface area contributed by atoms with E-state index in [0.717, 1.165) is 0 Å². The van der Waals surface area contributed by atoms with Crippen molar-refractivity contribution >= 4 is 5.97 Å². The van der Waals surface area contributed by atoms with Crippen molar-refractivity contribution in [3.8, 4) is 0 Å². The molecule has 1 unspecified atom stereocenters. The summed E-state index contributed by atoms with van der Waals surface area (Å²) in [4.78, 5) is 16.3. The van der Waals surface area contributed by atoms with Crippen LogP contribution in [0.4, 0.5) is 0 Å². The third kappa shape index (κ3) is 2.63. The van der Waals surface area contributed by atoms with Gasteiger partial charge < -0.3 is 5.11 Å². The summed E-state index contributed by atoms with van der Waals surface area (Å²) in [6.45, 7) is 0. The monoisotopic (exact) mass is 233 g/mol. The molecule has 2 heterocycles. The normalized spacial score (nSPS) is 12.3. The second kappa shape index (κ2) is 4.69. The van der Waals surface area contributed by atoms with Crippen molar-refractivity contribution in [3.63, 3.8) is 0 Å². The van der Waals surface area contributed by atoms with Gasteiger partial charge >= 0.3 is 5.97 Å². The van der Waals surface area contributed by atoms with Crippen molar-refractivity contribution in [2.45, 2.75) is 12.3 Å². The Kier molecular flexibility index (Phi) is 3.08. The number of nitrogens with zero attached hydrogens (tertiary/aromatic N) is 5. The predicted molar refractivity (Wildman–Crippen MR) is 57.1 cm³/mol. The van der Waals surface area contributed by atoms with E-state index < -0.39 is 11.9 Å². The molecule has 0 amide bonds. The number of rotatable bonds is 4. The molecule has 0 bridgehead atoms. The van der Waals surface area contributed by atoms with Crippen LogP contribution < -0.4 is 0 Å². The fraction of sp³-hybridized carbons (Fsp3) is 0.300. The summed E-state index contributed by atoms with van der Waals surface area (Å²) in [6.07, 6.45) is 1.50. The summed E-state index contributed by atoms with van der Waals surface area (Å²) in [5.41, 5.74) is 0.628. The summed E-state index contributed by atoms with van der Waals surface area (Å²) in [7, 11) is 1.63. The molecule has 7 heteroatoms. The van der Waals surface area contributed by atoms with Gasteiger partial charge in [0, 0.05) is 6.20 Å². The van der Waals surface area contributed by atoms with Gasteiger partial charge in [-0.15, -0.1) is 10.2 Å². The molecule has 1 atom stereocenters. The van der Waals surface area contributed by atoms with Gasteiger partial charge in [-0.3, -0.25) is 9.78 Å². The first kappa shape index (κ1) is 11.2. The Bertz CT molecular complexity index is 510. The maximum absolute atomic E-state index is 10.9. The van der Waals surface area contributed by atoms with Gasteiger partial charge in [0.1, 0.15) is 0 Å². The number of carbonyl (C=O) groups is 1. The van der Waals surface area contributed by atoms with Gasteiger partial charge in [0.25, 0.3) is 0 Å². The molecule has 0 aliphatic carbocycles. The summed E-state index contributed by atoms with van der Waals surface area (Å²) >= 11 is 0. The van der Waals surface area contributed by atoms with Crippen molar-refractivity contribution in [1.82, 2.24) is 25.2 Å². The number of aryl methyl sites for hydroxylation is 1. The highest BCUT2D eigenvalue weighted by Crippen LogP contribution is 2.22. The van der Waals surface area contributed by atoms with Crippen molar-refractivity contribution < 1.29 is 9.90 Å². The Labute approximate surface area is 97.1 Å². The summed E-state index contributed by atoms with van der Waals surface area (Å²) in [6, 6.07) is 5.32. The Morgan fingerprint density at radius 1 is 1.53 bits per heavy atom. The molecule has 2 aromatic rings. The highest BCUT2D eigenvalue weighted by atomic mass is 16.4. The average molecular weight is 233 g/mol. The molecule has 2 aromatic heterocycles. The minimum Gasteiger partial charge on any atom is -0.481 e. The highest BCUT2D eigenvalue weighted by molar-refractivity contribution is 5.68. The fourth-order valence-corrected chi connectivity index (χ4v) is 1.52. The fourth-order valence-electron chi connectivity index (χ4n) is 1.52. The number of carboxylic acid groups (broad SMARTS) is 1. The highest BCUT2D eigenvalue weighted by Gasteiger charge is 2.23. The molecule has 2 rings (SSSR count). The number of tetrazole rings is 1. The first-order valence-corrected chi connectivity index (χ1v) is 5.03. The maximum atomic E-state index is 10.9. The van der Waals surface area contributed by atoms with E-state index in [4.69, 9.17) is 5.11 Å². The van der Waals surface area contributed by atoms with E-state index in [0.29, 0.717) is 11.5 Å². The minimum absolute atomic E-state index is 0.108. The molecular weight excluding hydrogens is 222 g/mol. The first-order chi connectivity index (χ1) is 8.16. The molecule has 0 spiro atoms. The van der Waals surface area contributed by atoms with Crippen molar-refractivity contribution in [1.29, 1.82) is 0 Å². The van der Waals surface area contributed by atoms with E-state index >= 15 is 0 Å². The van der Waals surface area contributed by atoms with E-state index in [-0.39, 0.29) is 6.42 Å². The number of hydrogen-bond acceptors (Lipinski definition) is 5. The van der Waals surface area contributed by atoms with Gasteiger partial charge in [-0.25, -0.2) is 0 Å². The second-order valence-corrected chi connectivity index (χ2v) is 3.54. The molecular formula is C10H11N5O2. The zero-order chi connectivity index (χ0) is 12.3. The number of pyridine rings is 1. The number of hydrogen-bond donors (Lipinski definition) is 1. The van der Waals surface area contributed by atoms with Crippen LogP contribution in [-0.4, -0.2) is 36.3 Å².